The second-order valence-electron chi connectivity index (χ2n) is 12.1. The molecule has 1 unspecified atom stereocenters. The van der Waals surface area contributed by atoms with E-state index < -0.39 is 76.0 Å². The first-order valence-corrected chi connectivity index (χ1v) is 17.1. The summed E-state index contributed by atoms with van der Waals surface area (Å²) in [6, 6.07) is 16.6. The van der Waals surface area contributed by atoms with Crippen LogP contribution in [0.25, 0.3) is 0 Å². The third kappa shape index (κ3) is 3.67. The van der Waals surface area contributed by atoms with Crippen LogP contribution in [0.2, 0.25) is 5.02 Å². The molecular formula is C32H19ClF12O3P-. The van der Waals surface area contributed by atoms with Crippen molar-refractivity contribution in [2.75, 3.05) is 6.16 Å². The number of alkyl halides is 12. The molecule has 1 saturated heterocycles. The Hall–Kier alpha value is -3.36. The van der Waals surface area contributed by atoms with Crippen LogP contribution in [0.15, 0.2) is 103 Å². The molecule has 4 aromatic carbocycles. The zero-order valence-electron chi connectivity index (χ0n) is 24.1. The van der Waals surface area contributed by atoms with Crippen molar-refractivity contribution in [2.24, 2.45) is 0 Å². The average molecular weight is 746 g/mol. The molecule has 0 saturated carbocycles. The summed E-state index contributed by atoms with van der Waals surface area (Å²) >= 11 is 6.04. The van der Waals surface area contributed by atoms with Gasteiger partial charge in [0.25, 0.3) is 0 Å². The molecule has 1 atom stereocenters. The molecule has 4 aromatic rings. The van der Waals surface area contributed by atoms with Gasteiger partial charge >= 0.3 is 273 Å². The number of halogens is 13. The molecule has 0 amide bonds. The van der Waals surface area contributed by atoms with Crippen LogP contribution in [-0.2, 0) is 30.4 Å². The standard InChI is InChI=1S/C32H19ClF12O3P/c33-21-16-14-20(15-17-21)26(19-8-2-1-3-9-19)18-49(46-26,24-12-6-4-10-22(24)27(47-49,29(34,35)36)30(37,38)39)25-13-7-5-11-23(25)28(48-49,31(40,41)42)32(43,44)45/h1-17H,18H2/q-1. The van der Waals surface area contributed by atoms with Gasteiger partial charge in [0.1, 0.15) is 0 Å². The minimum absolute atomic E-state index is 0.0567. The van der Waals surface area contributed by atoms with E-state index in [4.69, 9.17) is 25.2 Å². The number of hydrogen-bond donors (Lipinski definition) is 0. The molecule has 0 bridgehead atoms. The Kier molecular flexibility index (Phi) is 6.47. The van der Waals surface area contributed by atoms with E-state index in [-0.39, 0.29) is 28.3 Å². The third-order valence-electron chi connectivity index (χ3n) is 9.58. The molecular weight excluding hydrogens is 727 g/mol. The first-order valence-electron chi connectivity index (χ1n) is 14.1. The van der Waals surface area contributed by atoms with Gasteiger partial charge in [-0.1, -0.05) is 0 Å². The van der Waals surface area contributed by atoms with Crippen LogP contribution < -0.4 is 10.6 Å². The van der Waals surface area contributed by atoms with Crippen LogP contribution >= 0.6 is 18.2 Å². The number of benzene rings is 4. The van der Waals surface area contributed by atoms with Crippen LogP contribution in [0.3, 0.4) is 0 Å². The predicted molar refractivity (Wildman–Crippen MR) is 153 cm³/mol. The van der Waals surface area contributed by atoms with Gasteiger partial charge in [-0.15, -0.1) is 0 Å². The molecule has 0 aliphatic carbocycles. The normalized spacial score (nSPS) is 25.7. The van der Waals surface area contributed by atoms with E-state index in [9.17, 15) is 0 Å². The van der Waals surface area contributed by atoms with Crippen molar-refractivity contribution in [2.45, 2.75) is 41.5 Å². The van der Waals surface area contributed by atoms with E-state index in [0.29, 0.717) is 12.1 Å². The summed E-state index contributed by atoms with van der Waals surface area (Å²) < 4.78 is 200. The molecule has 3 aliphatic heterocycles. The van der Waals surface area contributed by atoms with Crippen LogP contribution in [0.5, 0.6) is 0 Å². The zero-order valence-corrected chi connectivity index (χ0v) is 25.8. The van der Waals surface area contributed by atoms with Crippen LogP contribution in [0.1, 0.15) is 22.3 Å². The zero-order chi connectivity index (χ0) is 35.8. The Balaban J connectivity index is 1.73. The van der Waals surface area contributed by atoms with Crippen molar-refractivity contribution >= 4 is 28.8 Å². The van der Waals surface area contributed by atoms with Gasteiger partial charge in [-0.3, -0.25) is 0 Å². The SMILES string of the molecule is FC(F)(F)C1(C(F)(F)F)O[P-]23(CC(c4ccccc4)(c4ccc(Cl)cc4)O2)(OC(C(F)(F)F)(C(F)(F)F)c2ccccc23)c2ccccc21. The van der Waals surface area contributed by atoms with Crippen molar-refractivity contribution in [1.82, 2.24) is 0 Å². The molecule has 1 spiro atoms. The third-order valence-corrected chi connectivity index (χ3v) is 16.3. The summed E-state index contributed by atoms with van der Waals surface area (Å²) in [5, 5.41) is -2.65. The average Bonchev–Trinajstić information content (AvgIpc) is 3.42. The summed E-state index contributed by atoms with van der Waals surface area (Å²) in [6.07, 6.45) is -27.6. The van der Waals surface area contributed by atoms with Crippen molar-refractivity contribution in [3.63, 3.8) is 0 Å². The first-order chi connectivity index (χ1) is 22.5. The van der Waals surface area contributed by atoms with Gasteiger partial charge in [0.2, 0.25) is 0 Å². The molecule has 0 aromatic heterocycles. The van der Waals surface area contributed by atoms with Crippen molar-refractivity contribution in [1.29, 1.82) is 0 Å². The molecule has 7 rings (SSSR count). The number of hydrogen-bond acceptors (Lipinski definition) is 3. The molecule has 262 valence electrons. The van der Waals surface area contributed by atoms with Gasteiger partial charge in [-0.05, 0) is 0 Å². The Bertz CT molecular complexity index is 1870. The summed E-state index contributed by atoms with van der Waals surface area (Å²) in [6.45, 7) is -8.19. The molecule has 1 fully saturated rings. The van der Waals surface area contributed by atoms with E-state index in [1.807, 2.05) is 0 Å². The molecule has 0 N–H and O–H groups in total. The quantitative estimate of drug-likeness (QED) is 0.151. The van der Waals surface area contributed by atoms with E-state index in [2.05, 4.69) is 0 Å². The van der Waals surface area contributed by atoms with Crippen LogP contribution in [0, 0.1) is 0 Å². The molecule has 3 heterocycles. The Morgan fingerprint density at radius 1 is 0.469 bits per heavy atom. The fraction of sp³-hybridized carbons (Fsp3) is 0.250. The van der Waals surface area contributed by atoms with Gasteiger partial charge in [-0.25, -0.2) is 0 Å². The summed E-state index contributed by atoms with van der Waals surface area (Å²) in [4.78, 5) is 0. The Morgan fingerprint density at radius 3 is 1.20 bits per heavy atom. The number of fused-ring (bicyclic) bond motifs is 2. The van der Waals surface area contributed by atoms with Crippen LogP contribution in [-0.4, -0.2) is 30.9 Å². The molecule has 3 nitrogen and oxygen atoms in total. The summed E-state index contributed by atoms with van der Waals surface area (Å²) in [5.74, 6) is 0. The monoisotopic (exact) mass is 745 g/mol. The second kappa shape index (κ2) is 9.29. The fourth-order valence-electron chi connectivity index (χ4n) is 7.90. The topological polar surface area (TPSA) is 27.7 Å². The molecule has 3 aliphatic rings. The second-order valence-corrected chi connectivity index (χ2v) is 17.5. The van der Waals surface area contributed by atoms with Crippen molar-refractivity contribution in [3.05, 3.63) is 130 Å². The maximum atomic E-state index is 15.3. The molecule has 49 heavy (non-hydrogen) atoms. The first kappa shape index (κ1) is 34.1. The van der Waals surface area contributed by atoms with E-state index >= 15 is 52.7 Å². The van der Waals surface area contributed by atoms with Gasteiger partial charge in [0, 0.05) is 0 Å². The van der Waals surface area contributed by atoms with E-state index in [1.54, 1.807) is 0 Å². The Morgan fingerprint density at radius 2 is 0.816 bits per heavy atom. The number of rotatable bonds is 2. The van der Waals surface area contributed by atoms with Crippen LogP contribution in [0.4, 0.5) is 52.7 Å². The maximum absolute atomic E-state index is 15.3. The van der Waals surface area contributed by atoms with Crippen molar-refractivity contribution < 1.29 is 66.3 Å². The summed E-state index contributed by atoms with van der Waals surface area (Å²) in [7, 11) is 0. The van der Waals surface area contributed by atoms with Gasteiger partial charge < -0.3 is 0 Å². The fourth-order valence-corrected chi connectivity index (χ4v) is 16.3. The molecule has 0 radical (unpaired) electrons. The van der Waals surface area contributed by atoms with E-state index in [0.717, 1.165) is 24.3 Å². The van der Waals surface area contributed by atoms with Crippen molar-refractivity contribution in [3.8, 4) is 0 Å². The predicted octanol–water partition coefficient (Wildman–Crippen LogP) is 9.80. The summed E-state index contributed by atoms with van der Waals surface area (Å²) in [5.41, 5.74) is -17.2. The van der Waals surface area contributed by atoms with Gasteiger partial charge in [0.05, 0.1) is 0 Å². The molecule has 17 heteroatoms. The minimum atomic E-state index is -8.19. The van der Waals surface area contributed by atoms with Gasteiger partial charge in [0.15, 0.2) is 0 Å². The van der Waals surface area contributed by atoms with Gasteiger partial charge in [-0.2, -0.15) is 0 Å². The van der Waals surface area contributed by atoms with E-state index in [1.165, 1.54) is 54.6 Å². The Labute approximate surface area is 273 Å².